The first-order chi connectivity index (χ1) is 18.5. The summed E-state index contributed by atoms with van der Waals surface area (Å²) in [6.45, 7) is 15.8. The van der Waals surface area contributed by atoms with Crippen LogP contribution in [-0.4, -0.2) is 47.2 Å². The maximum absolute atomic E-state index is 13.8. The molecule has 218 valence electrons. The standard InChI is InChI=1S/C33H45NO6/c1-22(2)26-20-33(26,34(9)30(37)40-32(6,7)8)29(36)39-27(28(35)38-21-24-13-11-10-12-14-24)19-23-15-17-25(18-16-23)31(3,4)5/h10-18,22,26-27H,19-21H2,1-9H3/t26-,27+,33?/m0/s1. The fourth-order valence-corrected chi connectivity index (χ4v) is 4.89. The maximum atomic E-state index is 13.8. The Morgan fingerprint density at radius 2 is 1.52 bits per heavy atom. The molecule has 3 rings (SSSR count). The minimum atomic E-state index is -1.20. The van der Waals surface area contributed by atoms with Crippen molar-refractivity contribution in [1.29, 1.82) is 0 Å². The van der Waals surface area contributed by atoms with E-state index in [2.05, 4.69) is 20.8 Å². The van der Waals surface area contributed by atoms with E-state index in [1.165, 1.54) is 4.90 Å². The smallest absolute Gasteiger partial charge is 0.410 e. The molecule has 0 spiro atoms. The average molecular weight is 552 g/mol. The van der Waals surface area contributed by atoms with Crippen LogP contribution in [0, 0.1) is 11.8 Å². The lowest BCUT2D eigenvalue weighted by molar-refractivity contribution is -0.173. The monoisotopic (exact) mass is 551 g/mol. The van der Waals surface area contributed by atoms with E-state index in [-0.39, 0.29) is 30.3 Å². The highest BCUT2D eigenvalue weighted by Gasteiger charge is 2.67. The van der Waals surface area contributed by atoms with E-state index < -0.39 is 35.3 Å². The molecule has 7 nitrogen and oxygen atoms in total. The van der Waals surface area contributed by atoms with Gasteiger partial charge in [0.2, 0.25) is 6.10 Å². The van der Waals surface area contributed by atoms with Gasteiger partial charge < -0.3 is 14.2 Å². The zero-order valence-electron chi connectivity index (χ0n) is 25.4. The number of benzene rings is 2. The Morgan fingerprint density at radius 1 is 0.925 bits per heavy atom. The number of nitrogens with zero attached hydrogens (tertiary/aromatic N) is 1. The number of carbonyl (C=O) groups is 3. The Balaban J connectivity index is 1.85. The van der Waals surface area contributed by atoms with Gasteiger partial charge in [0.1, 0.15) is 17.7 Å². The number of hydrogen-bond acceptors (Lipinski definition) is 6. The molecule has 1 fully saturated rings. The zero-order valence-corrected chi connectivity index (χ0v) is 25.4. The van der Waals surface area contributed by atoms with Crippen LogP contribution in [0.15, 0.2) is 54.6 Å². The van der Waals surface area contributed by atoms with Crippen molar-refractivity contribution in [2.75, 3.05) is 7.05 Å². The molecule has 0 aliphatic heterocycles. The molecule has 1 amide bonds. The minimum Gasteiger partial charge on any atom is -0.458 e. The van der Waals surface area contributed by atoms with Crippen LogP contribution in [0.2, 0.25) is 0 Å². The predicted octanol–water partition coefficient (Wildman–Crippen LogP) is 6.46. The number of rotatable bonds is 9. The Labute approximate surface area is 239 Å². The Morgan fingerprint density at radius 3 is 2.02 bits per heavy atom. The molecule has 0 saturated heterocycles. The average Bonchev–Trinajstić information content (AvgIpc) is 3.63. The second kappa shape index (κ2) is 12.0. The van der Waals surface area contributed by atoms with Crippen molar-refractivity contribution in [3.05, 3.63) is 71.3 Å². The van der Waals surface area contributed by atoms with Crippen LogP contribution in [0.25, 0.3) is 0 Å². The third-order valence-corrected chi connectivity index (χ3v) is 7.39. The molecular weight excluding hydrogens is 506 g/mol. The van der Waals surface area contributed by atoms with Gasteiger partial charge in [-0.05, 0) is 61.1 Å². The number of amides is 1. The topological polar surface area (TPSA) is 82.1 Å². The molecule has 1 aliphatic carbocycles. The molecule has 0 aromatic heterocycles. The first-order valence-corrected chi connectivity index (χ1v) is 14.0. The van der Waals surface area contributed by atoms with Gasteiger partial charge in [0.05, 0.1) is 0 Å². The van der Waals surface area contributed by atoms with Gasteiger partial charge in [0, 0.05) is 13.5 Å². The van der Waals surface area contributed by atoms with Crippen molar-refractivity contribution in [2.24, 2.45) is 11.8 Å². The maximum Gasteiger partial charge on any atom is 0.410 e. The van der Waals surface area contributed by atoms with E-state index in [1.54, 1.807) is 27.8 Å². The summed E-state index contributed by atoms with van der Waals surface area (Å²) in [4.78, 5) is 41.5. The molecule has 0 radical (unpaired) electrons. The van der Waals surface area contributed by atoms with E-state index in [9.17, 15) is 14.4 Å². The third kappa shape index (κ3) is 7.64. The molecule has 2 aromatic rings. The number of ether oxygens (including phenoxy) is 3. The molecule has 0 heterocycles. The number of carbonyl (C=O) groups excluding carboxylic acids is 3. The van der Waals surface area contributed by atoms with Crippen molar-refractivity contribution in [3.63, 3.8) is 0 Å². The lowest BCUT2D eigenvalue weighted by Gasteiger charge is -2.32. The van der Waals surface area contributed by atoms with Gasteiger partial charge >= 0.3 is 18.0 Å². The predicted molar refractivity (Wildman–Crippen MR) is 155 cm³/mol. The number of esters is 2. The van der Waals surface area contributed by atoms with Gasteiger partial charge in [0.25, 0.3) is 0 Å². The van der Waals surface area contributed by atoms with Crippen molar-refractivity contribution in [2.45, 2.75) is 97.5 Å². The molecule has 0 bridgehead atoms. The van der Waals surface area contributed by atoms with Crippen molar-refractivity contribution in [1.82, 2.24) is 4.90 Å². The zero-order chi connectivity index (χ0) is 29.9. The van der Waals surface area contributed by atoms with E-state index in [0.29, 0.717) is 6.42 Å². The fourth-order valence-electron chi connectivity index (χ4n) is 4.89. The lowest BCUT2D eigenvalue weighted by atomic mass is 9.86. The van der Waals surface area contributed by atoms with Crippen LogP contribution in [0.4, 0.5) is 4.79 Å². The van der Waals surface area contributed by atoms with E-state index >= 15 is 0 Å². The molecule has 0 N–H and O–H groups in total. The van der Waals surface area contributed by atoms with Gasteiger partial charge in [-0.1, -0.05) is 89.2 Å². The van der Waals surface area contributed by atoms with Crippen molar-refractivity contribution < 1.29 is 28.6 Å². The molecule has 1 saturated carbocycles. The minimum absolute atomic E-state index is 0.0184. The largest absolute Gasteiger partial charge is 0.458 e. The highest BCUT2D eigenvalue weighted by Crippen LogP contribution is 2.53. The van der Waals surface area contributed by atoms with Crippen molar-refractivity contribution in [3.8, 4) is 0 Å². The summed E-state index contributed by atoms with van der Waals surface area (Å²) >= 11 is 0. The second-order valence-corrected chi connectivity index (χ2v) is 13.2. The summed E-state index contributed by atoms with van der Waals surface area (Å²) in [5.41, 5.74) is 0.890. The summed E-state index contributed by atoms with van der Waals surface area (Å²) in [5, 5.41) is 0. The Bertz CT molecular complexity index is 1180. The highest BCUT2D eigenvalue weighted by molar-refractivity contribution is 5.91. The number of hydrogen-bond donors (Lipinski definition) is 0. The Hall–Kier alpha value is -3.35. The molecular formula is C33H45NO6. The third-order valence-electron chi connectivity index (χ3n) is 7.39. The van der Waals surface area contributed by atoms with Crippen LogP contribution in [0.3, 0.4) is 0 Å². The van der Waals surface area contributed by atoms with Crippen LogP contribution >= 0.6 is 0 Å². The van der Waals surface area contributed by atoms with Crippen LogP contribution in [0.1, 0.15) is 78.5 Å². The van der Waals surface area contributed by atoms with Gasteiger partial charge in [-0.15, -0.1) is 0 Å². The molecule has 3 atom stereocenters. The van der Waals surface area contributed by atoms with Crippen LogP contribution in [-0.2, 0) is 42.2 Å². The Kier molecular flexibility index (Phi) is 9.38. The van der Waals surface area contributed by atoms with E-state index in [0.717, 1.165) is 16.7 Å². The fraction of sp³-hybridized carbons (Fsp3) is 0.545. The van der Waals surface area contributed by atoms with E-state index in [4.69, 9.17) is 14.2 Å². The molecule has 1 aliphatic rings. The normalized spacial score (nSPS) is 19.5. The molecule has 40 heavy (non-hydrogen) atoms. The van der Waals surface area contributed by atoms with Gasteiger partial charge in [-0.25, -0.2) is 14.4 Å². The lowest BCUT2D eigenvalue weighted by Crippen LogP contribution is -2.51. The summed E-state index contributed by atoms with van der Waals surface area (Å²) < 4.78 is 17.1. The molecule has 1 unspecified atom stereocenters. The van der Waals surface area contributed by atoms with E-state index in [1.807, 2.05) is 68.4 Å². The molecule has 7 heteroatoms. The number of likely N-dealkylation sites (N-methyl/N-ethyl adjacent to an activating group) is 1. The quantitative estimate of drug-likeness (QED) is 0.263. The van der Waals surface area contributed by atoms with Crippen LogP contribution < -0.4 is 0 Å². The summed E-state index contributed by atoms with van der Waals surface area (Å²) in [5.74, 6) is -1.25. The molecule has 2 aromatic carbocycles. The van der Waals surface area contributed by atoms with Crippen LogP contribution in [0.5, 0.6) is 0 Å². The van der Waals surface area contributed by atoms with Gasteiger partial charge in [-0.2, -0.15) is 0 Å². The van der Waals surface area contributed by atoms with Gasteiger partial charge in [0.15, 0.2) is 0 Å². The first-order valence-electron chi connectivity index (χ1n) is 14.0. The first kappa shape index (κ1) is 31.2. The summed E-state index contributed by atoms with van der Waals surface area (Å²) in [6.07, 6.45) is -1.18. The van der Waals surface area contributed by atoms with Gasteiger partial charge in [-0.3, -0.25) is 4.90 Å². The summed E-state index contributed by atoms with van der Waals surface area (Å²) in [7, 11) is 1.56. The highest BCUT2D eigenvalue weighted by atomic mass is 16.6. The second-order valence-electron chi connectivity index (χ2n) is 13.2. The van der Waals surface area contributed by atoms with Crippen molar-refractivity contribution >= 4 is 18.0 Å². The summed E-state index contributed by atoms with van der Waals surface area (Å²) in [6, 6.07) is 17.3. The SMILES string of the molecule is CC(C)[C@@H]1CC1(C(=O)O[C@H](Cc1ccc(C(C)(C)C)cc1)C(=O)OCc1ccccc1)N(C)C(=O)OC(C)(C)C.